The third-order valence-corrected chi connectivity index (χ3v) is 5.22. The molecule has 0 aliphatic carbocycles. The molecule has 15 heavy (non-hydrogen) atoms. The van der Waals surface area contributed by atoms with Crippen molar-refractivity contribution in [2.45, 2.75) is 12.8 Å². The normalized spacial score (nSPS) is 26.3. The minimum Gasteiger partial charge on any atom is -0.481 e. The lowest BCUT2D eigenvalue weighted by Crippen LogP contribution is -2.25. The third kappa shape index (κ3) is 3.68. The Balaban J connectivity index is 2.61. The molecule has 1 fully saturated rings. The summed E-state index contributed by atoms with van der Waals surface area (Å²) in [6.07, 6.45) is 2.99. The van der Waals surface area contributed by atoms with Gasteiger partial charge in [0.05, 0.1) is 17.4 Å². The van der Waals surface area contributed by atoms with Gasteiger partial charge in [0.2, 0.25) is 0 Å². The fourth-order valence-corrected chi connectivity index (χ4v) is 4.32. The Morgan fingerprint density at radius 3 is 2.67 bits per heavy atom. The quantitative estimate of drug-likeness (QED) is 0.786. The summed E-state index contributed by atoms with van der Waals surface area (Å²) in [6, 6.07) is 0. The molecule has 0 amide bonds. The zero-order valence-corrected chi connectivity index (χ0v) is 10.3. The number of sulfone groups is 1. The lowest BCUT2D eigenvalue weighted by Gasteiger charge is -2.17. The summed E-state index contributed by atoms with van der Waals surface area (Å²) in [5.41, 5.74) is 0. The molecule has 2 unspecified atom stereocenters. The molecule has 1 rings (SSSR count). The van der Waals surface area contributed by atoms with E-state index in [-0.39, 0.29) is 17.4 Å². The van der Waals surface area contributed by atoms with Crippen LogP contribution in [0.5, 0.6) is 0 Å². The highest BCUT2D eigenvalue weighted by Crippen LogP contribution is 2.29. The molecule has 0 aromatic rings. The van der Waals surface area contributed by atoms with Gasteiger partial charge in [-0.25, -0.2) is 8.42 Å². The minimum atomic E-state index is -2.97. The van der Waals surface area contributed by atoms with Gasteiger partial charge in [-0.15, -0.1) is 0 Å². The maximum atomic E-state index is 11.2. The number of aliphatic carboxylic acids is 1. The molecular formula is C9H16O4S2. The van der Waals surface area contributed by atoms with Crippen molar-refractivity contribution in [1.29, 1.82) is 0 Å². The van der Waals surface area contributed by atoms with E-state index in [1.165, 1.54) is 0 Å². The van der Waals surface area contributed by atoms with Crippen LogP contribution in [0.15, 0.2) is 0 Å². The number of rotatable bonds is 5. The number of hydrogen-bond donors (Lipinski definition) is 1. The lowest BCUT2D eigenvalue weighted by molar-refractivity contribution is -0.143. The van der Waals surface area contributed by atoms with Gasteiger partial charge in [0.1, 0.15) is 0 Å². The largest absolute Gasteiger partial charge is 0.481 e. The maximum absolute atomic E-state index is 11.2. The average molecular weight is 252 g/mol. The third-order valence-electron chi connectivity index (χ3n) is 2.79. The van der Waals surface area contributed by atoms with Gasteiger partial charge in [-0.05, 0) is 30.8 Å². The number of carboxylic acid groups (broad SMARTS) is 1. The first-order valence-corrected chi connectivity index (χ1v) is 8.10. The number of hydrogen-bond acceptors (Lipinski definition) is 4. The van der Waals surface area contributed by atoms with Crippen LogP contribution in [0.25, 0.3) is 0 Å². The van der Waals surface area contributed by atoms with Crippen LogP contribution < -0.4 is 0 Å². The molecule has 0 bridgehead atoms. The van der Waals surface area contributed by atoms with Crippen molar-refractivity contribution < 1.29 is 18.3 Å². The van der Waals surface area contributed by atoms with E-state index in [1.807, 2.05) is 6.26 Å². The van der Waals surface area contributed by atoms with E-state index < -0.39 is 21.7 Å². The van der Waals surface area contributed by atoms with Crippen molar-refractivity contribution in [3.05, 3.63) is 0 Å². The van der Waals surface area contributed by atoms with Gasteiger partial charge in [0.25, 0.3) is 0 Å². The first-order chi connectivity index (χ1) is 6.96. The summed E-state index contributed by atoms with van der Waals surface area (Å²) in [4.78, 5) is 11.0. The van der Waals surface area contributed by atoms with E-state index in [2.05, 4.69) is 0 Å². The molecule has 88 valence electrons. The molecule has 4 nitrogen and oxygen atoms in total. The molecule has 0 spiro atoms. The number of thioether (sulfide) groups is 1. The summed E-state index contributed by atoms with van der Waals surface area (Å²) in [7, 11) is -2.97. The van der Waals surface area contributed by atoms with Crippen LogP contribution in [0.2, 0.25) is 0 Å². The second-order valence-corrected chi connectivity index (χ2v) is 7.10. The summed E-state index contributed by atoms with van der Waals surface area (Å²) in [5.74, 6) is -0.549. The molecule has 6 heteroatoms. The first-order valence-electron chi connectivity index (χ1n) is 4.88. The van der Waals surface area contributed by atoms with Crippen molar-refractivity contribution in [3.63, 3.8) is 0 Å². The average Bonchev–Trinajstić information content (AvgIpc) is 2.46. The minimum absolute atomic E-state index is 0.0539. The van der Waals surface area contributed by atoms with E-state index in [4.69, 9.17) is 5.11 Å². The summed E-state index contributed by atoms with van der Waals surface area (Å²) < 4.78 is 22.5. The van der Waals surface area contributed by atoms with Crippen LogP contribution in [-0.4, -0.2) is 43.0 Å². The van der Waals surface area contributed by atoms with Gasteiger partial charge < -0.3 is 5.11 Å². The monoisotopic (exact) mass is 252 g/mol. The van der Waals surface area contributed by atoms with E-state index in [0.717, 1.165) is 5.75 Å². The SMILES string of the molecule is CSCCC(C(=O)O)C1CCS(=O)(=O)C1. The van der Waals surface area contributed by atoms with Crippen LogP contribution in [-0.2, 0) is 14.6 Å². The lowest BCUT2D eigenvalue weighted by atomic mass is 9.90. The van der Waals surface area contributed by atoms with Gasteiger partial charge in [-0.3, -0.25) is 4.79 Å². The maximum Gasteiger partial charge on any atom is 0.306 e. The Labute approximate surface area is 94.4 Å². The highest BCUT2D eigenvalue weighted by molar-refractivity contribution is 7.98. The van der Waals surface area contributed by atoms with Crippen LogP contribution in [0.1, 0.15) is 12.8 Å². The molecule has 1 heterocycles. The summed E-state index contributed by atoms with van der Waals surface area (Å²) >= 11 is 1.59. The Kier molecular flexibility index (Phi) is 4.45. The standard InChI is InChI=1S/C9H16O4S2/c1-14-4-2-8(9(10)11)7-3-5-15(12,13)6-7/h7-8H,2-6H2,1H3,(H,10,11). The highest BCUT2D eigenvalue weighted by atomic mass is 32.2. The molecule has 1 saturated heterocycles. The predicted molar refractivity (Wildman–Crippen MR) is 60.9 cm³/mol. The summed E-state index contributed by atoms with van der Waals surface area (Å²) in [5, 5.41) is 9.03. The highest BCUT2D eigenvalue weighted by Gasteiger charge is 2.36. The second-order valence-electron chi connectivity index (χ2n) is 3.89. The van der Waals surface area contributed by atoms with Crippen LogP contribution in [0.4, 0.5) is 0 Å². The topological polar surface area (TPSA) is 71.4 Å². The molecule has 1 N–H and O–H groups in total. The van der Waals surface area contributed by atoms with Crippen molar-refractivity contribution in [3.8, 4) is 0 Å². The van der Waals surface area contributed by atoms with E-state index >= 15 is 0 Å². The Bertz CT molecular complexity index is 323. The fraction of sp³-hybridized carbons (Fsp3) is 0.889. The van der Waals surface area contributed by atoms with Crippen LogP contribution in [0, 0.1) is 11.8 Å². The van der Waals surface area contributed by atoms with Gasteiger partial charge in [-0.2, -0.15) is 11.8 Å². The Morgan fingerprint density at radius 2 is 2.27 bits per heavy atom. The zero-order valence-electron chi connectivity index (χ0n) is 8.68. The second kappa shape index (κ2) is 5.21. The van der Waals surface area contributed by atoms with Crippen molar-refractivity contribution in [2.75, 3.05) is 23.5 Å². The number of carbonyl (C=O) groups is 1. The molecule has 0 aromatic carbocycles. The van der Waals surface area contributed by atoms with Crippen LogP contribution in [0.3, 0.4) is 0 Å². The van der Waals surface area contributed by atoms with Crippen molar-refractivity contribution in [2.24, 2.45) is 11.8 Å². The van der Waals surface area contributed by atoms with Gasteiger partial charge in [-0.1, -0.05) is 0 Å². The van der Waals surface area contributed by atoms with E-state index in [0.29, 0.717) is 12.8 Å². The Morgan fingerprint density at radius 1 is 1.60 bits per heavy atom. The number of carboxylic acids is 1. The van der Waals surface area contributed by atoms with E-state index in [9.17, 15) is 13.2 Å². The van der Waals surface area contributed by atoms with Crippen molar-refractivity contribution >= 4 is 27.6 Å². The fourth-order valence-electron chi connectivity index (χ4n) is 1.95. The molecule has 2 atom stereocenters. The van der Waals surface area contributed by atoms with Gasteiger partial charge in [0.15, 0.2) is 9.84 Å². The molecular weight excluding hydrogens is 236 g/mol. The molecule has 0 radical (unpaired) electrons. The molecule has 1 aliphatic rings. The first kappa shape index (κ1) is 12.8. The van der Waals surface area contributed by atoms with Crippen molar-refractivity contribution in [1.82, 2.24) is 0 Å². The molecule has 1 aliphatic heterocycles. The zero-order chi connectivity index (χ0) is 11.5. The van der Waals surface area contributed by atoms with E-state index in [1.54, 1.807) is 11.8 Å². The molecule has 0 saturated carbocycles. The Hall–Kier alpha value is -0.230. The van der Waals surface area contributed by atoms with Gasteiger partial charge in [0, 0.05) is 0 Å². The predicted octanol–water partition coefficient (Wildman–Crippen LogP) is 0.875. The van der Waals surface area contributed by atoms with Gasteiger partial charge >= 0.3 is 5.97 Å². The van der Waals surface area contributed by atoms with Crippen LogP contribution >= 0.6 is 11.8 Å². The molecule has 0 aromatic heterocycles. The smallest absolute Gasteiger partial charge is 0.306 e. The summed E-state index contributed by atoms with van der Waals surface area (Å²) in [6.45, 7) is 0.